The van der Waals surface area contributed by atoms with E-state index in [0.717, 1.165) is 0 Å². The first-order valence-corrected chi connectivity index (χ1v) is 6.85. The summed E-state index contributed by atoms with van der Waals surface area (Å²) in [6.45, 7) is 1.03. The Bertz CT molecular complexity index is 498. The standard InChI is InChI=1S/C14H16ClNO4/c15-11-3-1-2-4-12(11)20-10-5-7-16(8-6-10)13(17)9-14(18)19/h1-4,10H,5-9H2,(H,18,19). The van der Waals surface area contributed by atoms with Gasteiger partial charge in [-0.3, -0.25) is 9.59 Å². The number of piperidine rings is 1. The van der Waals surface area contributed by atoms with Gasteiger partial charge in [0.25, 0.3) is 0 Å². The van der Waals surface area contributed by atoms with E-state index < -0.39 is 12.4 Å². The normalized spacial score (nSPS) is 15.9. The van der Waals surface area contributed by atoms with E-state index >= 15 is 0 Å². The number of carbonyl (C=O) groups is 2. The van der Waals surface area contributed by atoms with Gasteiger partial charge in [0.15, 0.2) is 0 Å². The van der Waals surface area contributed by atoms with Crippen LogP contribution in [0.15, 0.2) is 24.3 Å². The topological polar surface area (TPSA) is 66.8 Å². The Balaban J connectivity index is 1.84. The predicted octanol–water partition coefficient (Wildman–Crippen LogP) is 2.18. The first-order valence-electron chi connectivity index (χ1n) is 6.47. The van der Waals surface area contributed by atoms with Crippen LogP contribution in [0.1, 0.15) is 19.3 Å². The molecule has 1 aromatic carbocycles. The molecule has 5 nitrogen and oxygen atoms in total. The molecule has 1 heterocycles. The zero-order chi connectivity index (χ0) is 14.5. The summed E-state index contributed by atoms with van der Waals surface area (Å²) in [6, 6.07) is 7.27. The summed E-state index contributed by atoms with van der Waals surface area (Å²) in [4.78, 5) is 23.7. The summed E-state index contributed by atoms with van der Waals surface area (Å²) in [5.41, 5.74) is 0. The number of aliphatic carboxylic acids is 1. The van der Waals surface area contributed by atoms with E-state index in [0.29, 0.717) is 36.7 Å². The van der Waals surface area contributed by atoms with Gasteiger partial charge >= 0.3 is 5.97 Å². The van der Waals surface area contributed by atoms with Gasteiger partial charge in [0, 0.05) is 25.9 Å². The second-order valence-corrected chi connectivity index (χ2v) is 5.11. The van der Waals surface area contributed by atoms with Gasteiger partial charge in [-0.2, -0.15) is 0 Å². The van der Waals surface area contributed by atoms with Gasteiger partial charge < -0.3 is 14.7 Å². The second kappa shape index (κ2) is 6.61. The largest absolute Gasteiger partial charge is 0.489 e. The van der Waals surface area contributed by atoms with Crippen molar-refractivity contribution in [2.24, 2.45) is 0 Å². The smallest absolute Gasteiger partial charge is 0.312 e. The predicted molar refractivity (Wildman–Crippen MR) is 73.9 cm³/mol. The van der Waals surface area contributed by atoms with E-state index in [-0.39, 0.29) is 12.0 Å². The van der Waals surface area contributed by atoms with Crippen molar-refractivity contribution in [3.05, 3.63) is 29.3 Å². The van der Waals surface area contributed by atoms with Crippen LogP contribution in [0.3, 0.4) is 0 Å². The van der Waals surface area contributed by atoms with Crippen LogP contribution in [-0.4, -0.2) is 41.1 Å². The summed E-state index contributed by atoms with van der Waals surface area (Å²) in [6.07, 6.45) is 0.909. The van der Waals surface area contributed by atoms with E-state index in [4.69, 9.17) is 21.4 Å². The van der Waals surface area contributed by atoms with Gasteiger partial charge in [0.1, 0.15) is 18.3 Å². The van der Waals surface area contributed by atoms with Crippen molar-refractivity contribution in [2.45, 2.75) is 25.4 Å². The number of benzene rings is 1. The minimum atomic E-state index is -1.09. The average molecular weight is 298 g/mol. The molecule has 0 bridgehead atoms. The highest BCUT2D eigenvalue weighted by Gasteiger charge is 2.25. The van der Waals surface area contributed by atoms with E-state index in [1.807, 2.05) is 18.2 Å². The van der Waals surface area contributed by atoms with Crippen molar-refractivity contribution >= 4 is 23.5 Å². The first-order chi connectivity index (χ1) is 9.56. The Hall–Kier alpha value is -1.75. The number of ether oxygens (including phenoxy) is 1. The molecule has 1 aliphatic rings. The Kier molecular flexibility index (Phi) is 4.84. The quantitative estimate of drug-likeness (QED) is 0.865. The SMILES string of the molecule is O=C(O)CC(=O)N1CCC(Oc2ccccc2Cl)CC1. The minimum Gasteiger partial charge on any atom is -0.489 e. The molecule has 1 saturated heterocycles. The third kappa shape index (κ3) is 3.87. The molecule has 0 unspecified atom stereocenters. The molecule has 1 amide bonds. The summed E-state index contributed by atoms with van der Waals surface area (Å²) in [5.74, 6) is -0.789. The number of para-hydroxylation sites is 1. The van der Waals surface area contributed by atoms with E-state index in [1.165, 1.54) is 0 Å². The highest BCUT2D eigenvalue weighted by molar-refractivity contribution is 6.32. The monoisotopic (exact) mass is 297 g/mol. The Morgan fingerprint density at radius 2 is 1.95 bits per heavy atom. The van der Waals surface area contributed by atoms with Gasteiger partial charge in [0.05, 0.1) is 5.02 Å². The van der Waals surface area contributed by atoms with Gasteiger partial charge in [-0.05, 0) is 12.1 Å². The maximum Gasteiger partial charge on any atom is 0.312 e. The molecule has 1 N–H and O–H groups in total. The average Bonchev–Trinajstić information content (AvgIpc) is 2.41. The van der Waals surface area contributed by atoms with Crippen molar-refractivity contribution in [1.29, 1.82) is 0 Å². The zero-order valence-electron chi connectivity index (χ0n) is 10.9. The number of hydrogen-bond donors (Lipinski definition) is 1. The van der Waals surface area contributed by atoms with Crippen LogP contribution in [0, 0.1) is 0 Å². The number of carbonyl (C=O) groups excluding carboxylic acids is 1. The molecule has 0 aliphatic carbocycles. The van der Waals surface area contributed by atoms with Crippen LogP contribution in [0.4, 0.5) is 0 Å². The molecule has 0 spiro atoms. The Morgan fingerprint density at radius 1 is 1.30 bits per heavy atom. The van der Waals surface area contributed by atoms with Crippen LogP contribution in [0.2, 0.25) is 5.02 Å². The van der Waals surface area contributed by atoms with E-state index in [9.17, 15) is 9.59 Å². The van der Waals surface area contributed by atoms with Crippen LogP contribution in [0.5, 0.6) is 5.75 Å². The second-order valence-electron chi connectivity index (χ2n) is 4.70. The van der Waals surface area contributed by atoms with Gasteiger partial charge in [-0.25, -0.2) is 0 Å². The molecular weight excluding hydrogens is 282 g/mol. The molecule has 1 aliphatic heterocycles. The summed E-state index contributed by atoms with van der Waals surface area (Å²) in [5, 5.41) is 9.17. The summed E-state index contributed by atoms with van der Waals surface area (Å²) < 4.78 is 5.81. The summed E-state index contributed by atoms with van der Waals surface area (Å²) >= 11 is 6.03. The number of carboxylic acid groups (broad SMARTS) is 1. The number of hydrogen-bond acceptors (Lipinski definition) is 3. The van der Waals surface area contributed by atoms with Crippen molar-refractivity contribution in [3.63, 3.8) is 0 Å². The zero-order valence-corrected chi connectivity index (χ0v) is 11.7. The lowest BCUT2D eigenvalue weighted by Gasteiger charge is -2.32. The number of nitrogens with zero attached hydrogens (tertiary/aromatic N) is 1. The molecular formula is C14H16ClNO4. The summed E-state index contributed by atoms with van der Waals surface area (Å²) in [7, 11) is 0. The molecule has 2 rings (SSSR count). The molecule has 0 aromatic heterocycles. The fourth-order valence-electron chi connectivity index (χ4n) is 2.18. The molecule has 0 saturated carbocycles. The van der Waals surface area contributed by atoms with Gasteiger partial charge in [-0.1, -0.05) is 23.7 Å². The number of likely N-dealkylation sites (tertiary alicyclic amines) is 1. The van der Waals surface area contributed by atoms with Crippen LogP contribution >= 0.6 is 11.6 Å². The number of carboxylic acids is 1. The lowest BCUT2D eigenvalue weighted by molar-refractivity contribution is -0.145. The van der Waals surface area contributed by atoms with Crippen molar-refractivity contribution < 1.29 is 19.4 Å². The molecule has 0 radical (unpaired) electrons. The lowest BCUT2D eigenvalue weighted by atomic mass is 10.1. The number of amides is 1. The number of halogens is 1. The lowest BCUT2D eigenvalue weighted by Crippen LogP contribution is -2.42. The third-order valence-electron chi connectivity index (χ3n) is 3.23. The minimum absolute atomic E-state index is 0.00350. The molecule has 108 valence electrons. The van der Waals surface area contributed by atoms with Crippen molar-refractivity contribution in [3.8, 4) is 5.75 Å². The molecule has 1 aromatic rings. The van der Waals surface area contributed by atoms with Crippen molar-refractivity contribution in [2.75, 3.05) is 13.1 Å². The van der Waals surface area contributed by atoms with E-state index in [2.05, 4.69) is 0 Å². The maximum absolute atomic E-state index is 11.6. The molecule has 1 fully saturated rings. The molecule has 6 heteroatoms. The Labute approximate surface area is 122 Å². The van der Waals surface area contributed by atoms with Crippen LogP contribution in [-0.2, 0) is 9.59 Å². The van der Waals surface area contributed by atoms with Crippen LogP contribution in [0.25, 0.3) is 0 Å². The third-order valence-corrected chi connectivity index (χ3v) is 3.54. The first kappa shape index (κ1) is 14.7. The fraction of sp³-hybridized carbons (Fsp3) is 0.429. The Morgan fingerprint density at radius 3 is 2.55 bits per heavy atom. The van der Waals surface area contributed by atoms with Gasteiger partial charge in [0.2, 0.25) is 5.91 Å². The van der Waals surface area contributed by atoms with E-state index in [1.54, 1.807) is 11.0 Å². The fourth-order valence-corrected chi connectivity index (χ4v) is 2.36. The van der Waals surface area contributed by atoms with Crippen LogP contribution < -0.4 is 4.74 Å². The molecule has 0 atom stereocenters. The molecule has 20 heavy (non-hydrogen) atoms. The van der Waals surface area contributed by atoms with Gasteiger partial charge in [-0.15, -0.1) is 0 Å². The maximum atomic E-state index is 11.6. The highest BCUT2D eigenvalue weighted by atomic mass is 35.5. The van der Waals surface area contributed by atoms with Crippen molar-refractivity contribution in [1.82, 2.24) is 4.90 Å². The highest BCUT2D eigenvalue weighted by Crippen LogP contribution is 2.26. The number of rotatable bonds is 4.